The molecule has 0 aliphatic heterocycles. The summed E-state index contributed by atoms with van der Waals surface area (Å²) >= 11 is 0. The molecule has 0 fully saturated rings. The molecule has 0 spiro atoms. The Morgan fingerprint density at radius 1 is 1.04 bits per heavy atom. The number of aromatic nitrogens is 2. The lowest BCUT2D eigenvalue weighted by Gasteiger charge is -2.10. The standard InChI is InChI=1S/C18H15N3O4/c1-25-15-10-6-5-9-14(15)20-16(22)13-11-19-18(24)21(17(13)23)12-7-3-2-4-8-12/h2-11H,1H3,(H,19,24)(H,20,22). The van der Waals surface area contributed by atoms with E-state index < -0.39 is 17.2 Å². The van der Waals surface area contributed by atoms with E-state index in [2.05, 4.69) is 10.3 Å². The topological polar surface area (TPSA) is 93.2 Å². The average Bonchev–Trinajstić information content (AvgIpc) is 2.63. The Morgan fingerprint density at radius 3 is 2.44 bits per heavy atom. The van der Waals surface area contributed by atoms with Gasteiger partial charge in [0.1, 0.15) is 11.3 Å². The number of carbonyl (C=O) groups excluding carboxylic acids is 1. The molecule has 1 heterocycles. The highest BCUT2D eigenvalue weighted by atomic mass is 16.5. The van der Waals surface area contributed by atoms with Crippen molar-refractivity contribution in [1.82, 2.24) is 9.55 Å². The third-order valence-corrected chi connectivity index (χ3v) is 3.59. The lowest BCUT2D eigenvalue weighted by Crippen LogP contribution is -2.38. The van der Waals surface area contributed by atoms with Crippen molar-refractivity contribution in [3.63, 3.8) is 0 Å². The van der Waals surface area contributed by atoms with Gasteiger partial charge in [0.25, 0.3) is 11.5 Å². The number of hydrogen-bond acceptors (Lipinski definition) is 4. The van der Waals surface area contributed by atoms with E-state index in [1.165, 1.54) is 7.11 Å². The summed E-state index contributed by atoms with van der Waals surface area (Å²) in [5, 5.41) is 2.62. The van der Waals surface area contributed by atoms with Gasteiger partial charge in [0.2, 0.25) is 0 Å². The number of hydrogen-bond donors (Lipinski definition) is 2. The van der Waals surface area contributed by atoms with E-state index in [-0.39, 0.29) is 5.56 Å². The minimum absolute atomic E-state index is 0.186. The number of H-pyrrole nitrogens is 1. The average molecular weight is 337 g/mol. The summed E-state index contributed by atoms with van der Waals surface area (Å²) in [7, 11) is 1.48. The van der Waals surface area contributed by atoms with Gasteiger partial charge >= 0.3 is 5.69 Å². The quantitative estimate of drug-likeness (QED) is 0.759. The first kappa shape index (κ1) is 16.3. The number of para-hydroxylation sites is 3. The van der Waals surface area contributed by atoms with Crippen LogP contribution in [0.5, 0.6) is 5.75 Å². The van der Waals surface area contributed by atoms with Crippen LogP contribution in [0, 0.1) is 0 Å². The first-order valence-corrected chi connectivity index (χ1v) is 7.46. The minimum Gasteiger partial charge on any atom is -0.495 e. The monoisotopic (exact) mass is 337 g/mol. The number of amides is 1. The molecule has 7 heteroatoms. The fourth-order valence-electron chi connectivity index (χ4n) is 2.38. The molecule has 1 amide bonds. The summed E-state index contributed by atoms with van der Waals surface area (Å²) in [6.45, 7) is 0. The van der Waals surface area contributed by atoms with E-state index in [0.717, 1.165) is 10.8 Å². The molecule has 126 valence electrons. The molecule has 2 N–H and O–H groups in total. The van der Waals surface area contributed by atoms with Crippen molar-refractivity contribution in [2.75, 3.05) is 12.4 Å². The van der Waals surface area contributed by atoms with Crippen molar-refractivity contribution < 1.29 is 9.53 Å². The van der Waals surface area contributed by atoms with Crippen LogP contribution in [0.4, 0.5) is 5.69 Å². The van der Waals surface area contributed by atoms with Crippen LogP contribution in [0.1, 0.15) is 10.4 Å². The third-order valence-electron chi connectivity index (χ3n) is 3.59. The lowest BCUT2D eigenvalue weighted by molar-refractivity contribution is 0.102. The van der Waals surface area contributed by atoms with Gasteiger partial charge in [0.15, 0.2) is 0 Å². The molecule has 0 saturated carbocycles. The first-order chi connectivity index (χ1) is 12.1. The normalized spacial score (nSPS) is 10.3. The Balaban J connectivity index is 2.02. The summed E-state index contributed by atoms with van der Waals surface area (Å²) in [6.07, 6.45) is 1.11. The zero-order valence-electron chi connectivity index (χ0n) is 13.4. The molecule has 0 unspecified atom stereocenters. The van der Waals surface area contributed by atoms with Gasteiger partial charge in [0, 0.05) is 6.20 Å². The summed E-state index contributed by atoms with van der Waals surface area (Å²) in [5.74, 6) is -0.181. The summed E-state index contributed by atoms with van der Waals surface area (Å²) in [6, 6.07) is 15.2. The first-order valence-electron chi connectivity index (χ1n) is 7.46. The van der Waals surface area contributed by atoms with Crippen molar-refractivity contribution in [2.45, 2.75) is 0 Å². The molecule has 0 saturated heterocycles. The maximum Gasteiger partial charge on any atom is 0.333 e. The van der Waals surface area contributed by atoms with Crippen molar-refractivity contribution in [1.29, 1.82) is 0 Å². The molecular formula is C18H15N3O4. The number of nitrogens with one attached hydrogen (secondary N) is 2. The van der Waals surface area contributed by atoms with Crippen molar-refractivity contribution in [3.05, 3.63) is 87.2 Å². The van der Waals surface area contributed by atoms with Gasteiger partial charge in [-0.25, -0.2) is 9.36 Å². The predicted octanol–water partition coefficient (Wildman–Crippen LogP) is 1.79. The lowest BCUT2D eigenvalue weighted by atomic mass is 10.2. The van der Waals surface area contributed by atoms with E-state index in [0.29, 0.717) is 17.1 Å². The maximum atomic E-state index is 12.6. The zero-order valence-corrected chi connectivity index (χ0v) is 13.4. The Morgan fingerprint density at radius 2 is 1.72 bits per heavy atom. The molecule has 1 aromatic heterocycles. The third kappa shape index (κ3) is 3.20. The fraction of sp³-hybridized carbons (Fsp3) is 0.0556. The second-order valence-corrected chi connectivity index (χ2v) is 5.14. The Hall–Kier alpha value is -3.61. The molecule has 0 aliphatic carbocycles. The molecule has 3 rings (SSSR count). The molecule has 2 aromatic carbocycles. The summed E-state index contributed by atoms with van der Waals surface area (Å²) in [4.78, 5) is 39.6. The Labute approximate surface area is 142 Å². The van der Waals surface area contributed by atoms with E-state index in [1.807, 2.05) is 0 Å². The van der Waals surface area contributed by atoms with Crippen molar-refractivity contribution in [3.8, 4) is 11.4 Å². The van der Waals surface area contributed by atoms with Gasteiger partial charge in [-0.2, -0.15) is 0 Å². The minimum atomic E-state index is -0.706. The Bertz CT molecular complexity index is 1020. The zero-order chi connectivity index (χ0) is 17.8. The molecule has 0 bridgehead atoms. The second kappa shape index (κ2) is 6.88. The molecular weight excluding hydrogens is 322 g/mol. The smallest absolute Gasteiger partial charge is 0.333 e. The highest BCUT2D eigenvalue weighted by Crippen LogP contribution is 2.23. The number of anilines is 1. The number of carbonyl (C=O) groups is 1. The van der Waals surface area contributed by atoms with Crippen LogP contribution >= 0.6 is 0 Å². The molecule has 25 heavy (non-hydrogen) atoms. The molecule has 7 nitrogen and oxygen atoms in total. The van der Waals surface area contributed by atoms with E-state index in [4.69, 9.17) is 4.74 Å². The van der Waals surface area contributed by atoms with Gasteiger partial charge in [-0.3, -0.25) is 9.59 Å². The summed E-state index contributed by atoms with van der Waals surface area (Å²) in [5.41, 5.74) is -0.714. The molecule has 3 aromatic rings. The highest BCUT2D eigenvalue weighted by molar-refractivity contribution is 6.04. The van der Waals surface area contributed by atoms with Gasteiger partial charge in [-0.05, 0) is 24.3 Å². The van der Waals surface area contributed by atoms with Gasteiger partial charge < -0.3 is 15.0 Å². The van der Waals surface area contributed by atoms with E-state index in [1.54, 1.807) is 54.6 Å². The fourth-order valence-corrected chi connectivity index (χ4v) is 2.38. The highest BCUT2D eigenvalue weighted by Gasteiger charge is 2.17. The van der Waals surface area contributed by atoms with Crippen LogP contribution in [-0.4, -0.2) is 22.6 Å². The number of methoxy groups -OCH3 is 1. The van der Waals surface area contributed by atoms with Crippen molar-refractivity contribution in [2.24, 2.45) is 0 Å². The Kier molecular flexibility index (Phi) is 4.47. The van der Waals surface area contributed by atoms with Crippen LogP contribution in [0.2, 0.25) is 0 Å². The van der Waals surface area contributed by atoms with Gasteiger partial charge in [-0.1, -0.05) is 30.3 Å². The van der Waals surface area contributed by atoms with E-state index >= 15 is 0 Å². The van der Waals surface area contributed by atoms with Crippen LogP contribution in [0.25, 0.3) is 5.69 Å². The number of rotatable bonds is 4. The van der Waals surface area contributed by atoms with Crippen LogP contribution in [-0.2, 0) is 0 Å². The van der Waals surface area contributed by atoms with Crippen LogP contribution in [0.15, 0.2) is 70.4 Å². The molecule has 0 atom stereocenters. The maximum absolute atomic E-state index is 12.6. The van der Waals surface area contributed by atoms with E-state index in [9.17, 15) is 14.4 Å². The number of aromatic amines is 1. The molecule has 0 aliphatic rings. The number of benzene rings is 2. The molecule has 0 radical (unpaired) electrons. The second-order valence-electron chi connectivity index (χ2n) is 5.14. The van der Waals surface area contributed by atoms with Crippen LogP contribution in [0.3, 0.4) is 0 Å². The number of nitrogens with zero attached hydrogens (tertiary/aromatic N) is 1. The number of ether oxygens (including phenoxy) is 1. The van der Waals surface area contributed by atoms with Gasteiger partial charge in [0.05, 0.1) is 18.5 Å². The predicted molar refractivity (Wildman–Crippen MR) is 93.6 cm³/mol. The van der Waals surface area contributed by atoms with Crippen LogP contribution < -0.4 is 21.3 Å². The van der Waals surface area contributed by atoms with Gasteiger partial charge in [-0.15, -0.1) is 0 Å². The summed E-state index contributed by atoms with van der Waals surface area (Å²) < 4.78 is 6.08. The SMILES string of the molecule is COc1ccccc1NC(=O)c1c[nH]c(=O)n(-c2ccccc2)c1=O. The van der Waals surface area contributed by atoms with Crippen molar-refractivity contribution >= 4 is 11.6 Å². The largest absolute Gasteiger partial charge is 0.495 e.